The molecule has 102 valence electrons. The summed E-state index contributed by atoms with van der Waals surface area (Å²) >= 11 is 5.34. The molecule has 0 unspecified atom stereocenters. The quantitative estimate of drug-likeness (QED) is 0.798. The number of carbonyl (C=O) groups is 1. The molecule has 0 saturated heterocycles. The molecule has 0 aliphatic rings. The normalized spacial score (nSPS) is 10.9. The summed E-state index contributed by atoms with van der Waals surface area (Å²) in [6.45, 7) is 1.64. The van der Waals surface area contributed by atoms with Gasteiger partial charge in [0.2, 0.25) is 5.69 Å². The maximum atomic E-state index is 12.2. The highest BCUT2D eigenvalue weighted by Gasteiger charge is 2.17. The summed E-state index contributed by atoms with van der Waals surface area (Å²) in [6.07, 6.45) is 2.76. The van der Waals surface area contributed by atoms with E-state index in [1.807, 2.05) is 0 Å². The molecule has 0 atom stereocenters. The van der Waals surface area contributed by atoms with Gasteiger partial charge in [-0.1, -0.05) is 24.3 Å². The number of carbonyl (C=O) groups excluding carboxylic acids is 1. The molecule has 2 rings (SSSR count). The van der Waals surface area contributed by atoms with Crippen LogP contribution >= 0.6 is 11.6 Å². The molecule has 2 aromatic rings. The van der Waals surface area contributed by atoms with E-state index in [0.29, 0.717) is 5.69 Å². The number of halogens is 1. The van der Waals surface area contributed by atoms with Crippen molar-refractivity contribution in [3.05, 3.63) is 62.9 Å². The van der Waals surface area contributed by atoms with Crippen molar-refractivity contribution >= 4 is 23.0 Å². The Bertz CT molecular complexity index is 791. The summed E-state index contributed by atoms with van der Waals surface area (Å²) in [6, 6.07) is 8.43. The minimum Gasteiger partial charge on any atom is -0.274 e. The molecule has 0 aliphatic carbocycles. The van der Waals surface area contributed by atoms with Gasteiger partial charge in [-0.2, -0.15) is 9.78 Å². The summed E-state index contributed by atoms with van der Waals surface area (Å²) in [4.78, 5) is 35.4. The van der Waals surface area contributed by atoms with Gasteiger partial charge in [-0.25, -0.2) is 9.36 Å². The first-order valence-electron chi connectivity index (χ1n) is 5.70. The molecule has 7 heteroatoms. The lowest BCUT2D eigenvalue weighted by atomic mass is 10.3. The van der Waals surface area contributed by atoms with Gasteiger partial charge in [-0.05, 0) is 30.7 Å². The van der Waals surface area contributed by atoms with E-state index in [9.17, 15) is 14.4 Å². The average molecular weight is 292 g/mol. The van der Waals surface area contributed by atoms with Crippen LogP contribution in [0.2, 0.25) is 0 Å². The van der Waals surface area contributed by atoms with E-state index in [2.05, 4.69) is 5.10 Å². The third-order valence-corrected chi connectivity index (χ3v) is 2.67. The summed E-state index contributed by atoms with van der Waals surface area (Å²) in [5.41, 5.74) is -1.61. The Hall–Kier alpha value is -2.47. The number of hydrogen-bond acceptors (Lipinski definition) is 4. The van der Waals surface area contributed by atoms with Crippen molar-refractivity contribution in [2.24, 2.45) is 0 Å². The van der Waals surface area contributed by atoms with Crippen molar-refractivity contribution < 1.29 is 4.79 Å². The fourth-order valence-corrected chi connectivity index (χ4v) is 1.75. The second-order valence-electron chi connectivity index (χ2n) is 3.81. The highest BCUT2D eigenvalue weighted by atomic mass is 35.5. The molecule has 0 fully saturated rings. The smallest absolute Gasteiger partial charge is 0.274 e. The standard InChI is InChI=1S/C13H10ClN3O3/c1-2-8-16-12(19)10(11(14)18)15-17(13(16)20)9-6-4-3-5-7-9/h2-8H,1H3. The molecule has 6 nitrogen and oxygen atoms in total. The highest BCUT2D eigenvalue weighted by molar-refractivity contribution is 6.67. The second-order valence-corrected chi connectivity index (χ2v) is 4.15. The Kier molecular flexibility index (Phi) is 3.95. The highest BCUT2D eigenvalue weighted by Crippen LogP contribution is 2.02. The lowest BCUT2D eigenvalue weighted by Crippen LogP contribution is -2.41. The Balaban J connectivity index is 2.86. The van der Waals surface area contributed by atoms with Crippen LogP contribution in [-0.2, 0) is 0 Å². The van der Waals surface area contributed by atoms with Crippen LogP contribution in [0.1, 0.15) is 17.4 Å². The SMILES string of the molecule is CC=Cn1c(=O)c(C(=O)Cl)nn(-c2ccccc2)c1=O. The van der Waals surface area contributed by atoms with Crippen molar-refractivity contribution in [1.29, 1.82) is 0 Å². The number of rotatable bonds is 3. The van der Waals surface area contributed by atoms with Crippen LogP contribution in [0.5, 0.6) is 0 Å². The largest absolute Gasteiger partial charge is 0.356 e. The fourth-order valence-electron chi connectivity index (χ4n) is 1.63. The predicted octanol–water partition coefficient (Wildman–Crippen LogP) is 1.26. The van der Waals surface area contributed by atoms with Crippen LogP contribution in [0.25, 0.3) is 11.9 Å². The molecule has 0 saturated carbocycles. The number of benzene rings is 1. The Morgan fingerprint density at radius 2 is 1.90 bits per heavy atom. The van der Waals surface area contributed by atoms with Crippen LogP contribution in [0, 0.1) is 0 Å². The number of allylic oxidation sites excluding steroid dienone is 1. The zero-order valence-electron chi connectivity index (χ0n) is 10.5. The topological polar surface area (TPSA) is 74.0 Å². The van der Waals surface area contributed by atoms with Crippen molar-refractivity contribution in [3.8, 4) is 5.69 Å². The van der Waals surface area contributed by atoms with E-state index in [1.165, 1.54) is 12.3 Å². The lowest BCUT2D eigenvalue weighted by Gasteiger charge is -2.07. The molecule has 0 N–H and O–H groups in total. The van der Waals surface area contributed by atoms with Crippen LogP contribution in [0.15, 0.2) is 46.0 Å². The van der Waals surface area contributed by atoms with E-state index < -0.39 is 22.2 Å². The molecular weight excluding hydrogens is 282 g/mol. The van der Waals surface area contributed by atoms with Crippen LogP contribution in [0.4, 0.5) is 0 Å². The predicted molar refractivity (Wildman–Crippen MR) is 75.3 cm³/mol. The fraction of sp³-hybridized carbons (Fsp3) is 0.0769. The number of nitrogens with zero attached hydrogens (tertiary/aromatic N) is 3. The first-order chi connectivity index (χ1) is 9.56. The Morgan fingerprint density at radius 1 is 1.25 bits per heavy atom. The molecule has 20 heavy (non-hydrogen) atoms. The minimum atomic E-state index is -1.02. The number of aromatic nitrogens is 3. The first-order valence-corrected chi connectivity index (χ1v) is 6.08. The average Bonchev–Trinajstić information content (AvgIpc) is 2.44. The van der Waals surface area contributed by atoms with Gasteiger partial charge in [-0.3, -0.25) is 9.59 Å². The van der Waals surface area contributed by atoms with Crippen molar-refractivity contribution in [2.45, 2.75) is 6.92 Å². The van der Waals surface area contributed by atoms with Crippen LogP contribution in [-0.4, -0.2) is 19.6 Å². The van der Waals surface area contributed by atoms with E-state index in [4.69, 9.17) is 11.6 Å². The molecule has 0 amide bonds. The van der Waals surface area contributed by atoms with Gasteiger partial charge in [0, 0.05) is 6.20 Å². The number of hydrogen-bond donors (Lipinski definition) is 0. The maximum absolute atomic E-state index is 12.2. The van der Waals surface area contributed by atoms with Gasteiger partial charge in [-0.15, -0.1) is 0 Å². The Morgan fingerprint density at radius 3 is 2.45 bits per heavy atom. The molecule has 1 aromatic heterocycles. The Labute approximate surface area is 118 Å². The molecule has 1 aromatic carbocycles. The van der Waals surface area contributed by atoms with E-state index in [1.54, 1.807) is 37.3 Å². The van der Waals surface area contributed by atoms with Gasteiger partial charge in [0.15, 0.2) is 0 Å². The molecule has 0 radical (unpaired) electrons. The van der Waals surface area contributed by atoms with E-state index >= 15 is 0 Å². The second kappa shape index (κ2) is 5.66. The monoisotopic (exact) mass is 291 g/mol. The zero-order valence-corrected chi connectivity index (χ0v) is 11.2. The van der Waals surface area contributed by atoms with Crippen molar-refractivity contribution in [1.82, 2.24) is 14.3 Å². The summed E-state index contributed by atoms with van der Waals surface area (Å²) in [7, 11) is 0. The molecule has 1 heterocycles. The number of para-hydroxylation sites is 1. The van der Waals surface area contributed by atoms with Gasteiger partial charge in [0.1, 0.15) is 0 Å². The van der Waals surface area contributed by atoms with Crippen LogP contribution in [0.3, 0.4) is 0 Å². The van der Waals surface area contributed by atoms with Gasteiger partial charge >= 0.3 is 5.69 Å². The summed E-state index contributed by atoms with van der Waals surface area (Å²) in [5, 5.41) is 2.72. The van der Waals surface area contributed by atoms with Crippen molar-refractivity contribution in [3.63, 3.8) is 0 Å². The van der Waals surface area contributed by atoms with Crippen LogP contribution < -0.4 is 11.2 Å². The minimum absolute atomic E-state index is 0.426. The lowest BCUT2D eigenvalue weighted by molar-refractivity contribution is 0.107. The molecule has 0 spiro atoms. The summed E-state index contributed by atoms with van der Waals surface area (Å²) < 4.78 is 1.74. The third-order valence-electron chi connectivity index (χ3n) is 2.49. The van der Waals surface area contributed by atoms with E-state index in [-0.39, 0.29) is 0 Å². The van der Waals surface area contributed by atoms with Gasteiger partial charge in [0.05, 0.1) is 5.69 Å². The van der Waals surface area contributed by atoms with E-state index in [0.717, 1.165) is 9.25 Å². The van der Waals surface area contributed by atoms with Gasteiger partial charge < -0.3 is 0 Å². The molecular formula is C13H10ClN3O3. The van der Waals surface area contributed by atoms with Crippen molar-refractivity contribution in [2.75, 3.05) is 0 Å². The first kappa shape index (κ1) is 14.0. The molecule has 0 aliphatic heterocycles. The maximum Gasteiger partial charge on any atom is 0.356 e. The summed E-state index contributed by atoms with van der Waals surface area (Å²) in [5.74, 6) is 0. The third kappa shape index (κ3) is 2.46. The van der Waals surface area contributed by atoms with Gasteiger partial charge in [0.25, 0.3) is 10.8 Å². The molecule has 0 bridgehead atoms. The zero-order chi connectivity index (χ0) is 14.7.